The highest BCUT2D eigenvalue weighted by Crippen LogP contribution is 2.06. The van der Waals surface area contributed by atoms with Crippen LogP contribution in [0.4, 0.5) is 5.82 Å². The van der Waals surface area contributed by atoms with Gasteiger partial charge in [-0.3, -0.25) is 5.32 Å². The van der Waals surface area contributed by atoms with Crippen LogP contribution >= 0.6 is 0 Å². The molecule has 0 radical (unpaired) electrons. The first-order valence-corrected chi connectivity index (χ1v) is 5.67. The van der Waals surface area contributed by atoms with E-state index in [-0.39, 0.29) is 0 Å². The second-order valence-corrected chi connectivity index (χ2v) is 3.80. The molecule has 1 aromatic heterocycles. The Morgan fingerprint density at radius 3 is 2.38 bits per heavy atom. The fourth-order valence-electron chi connectivity index (χ4n) is 1.59. The van der Waals surface area contributed by atoms with Crippen LogP contribution in [-0.4, -0.2) is 0 Å². The molecule has 0 bridgehead atoms. The monoisotopic (exact) mass is 213 g/mol. The topological polar surface area (TPSA) is 26.2 Å². The van der Waals surface area contributed by atoms with Gasteiger partial charge in [-0.15, -0.1) is 0 Å². The maximum absolute atomic E-state index is 3.34. The van der Waals surface area contributed by atoms with Crippen LogP contribution in [0.3, 0.4) is 0 Å². The van der Waals surface area contributed by atoms with E-state index in [1.54, 1.807) is 0 Å². The standard InChI is InChI=1S/C14H16N2/c1-2-12-6-8-13(9-7-12)11-16-14-5-3-4-10-15-14/h3-10H,2,11H2,1H3,(H,15,16)/p+1. The number of hydrogen-bond acceptors (Lipinski definition) is 1. The van der Waals surface area contributed by atoms with Crippen LogP contribution in [0.5, 0.6) is 0 Å². The third-order valence-electron chi connectivity index (χ3n) is 2.62. The molecule has 0 aliphatic rings. The first-order chi connectivity index (χ1) is 7.88. The molecular formula is C14H17N2+. The predicted molar refractivity (Wildman–Crippen MR) is 66.1 cm³/mol. The molecule has 2 aromatic rings. The molecule has 2 heteroatoms. The summed E-state index contributed by atoms with van der Waals surface area (Å²) in [7, 11) is 0. The SMILES string of the molecule is CCc1ccc(CNc2cccc[nH+]2)cc1. The number of pyridine rings is 1. The summed E-state index contributed by atoms with van der Waals surface area (Å²) in [5.74, 6) is 1.04. The normalized spacial score (nSPS) is 10.1. The summed E-state index contributed by atoms with van der Waals surface area (Å²) in [5, 5.41) is 3.34. The first-order valence-electron chi connectivity index (χ1n) is 5.67. The molecule has 0 aliphatic carbocycles. The molecule has 16 heavy (non-hydrogen) atoms. The highest BCUT2D eigenvalue weighted by Gasteiger charge is 1.99. The highest BCUT2D eigenvalue weighted by atomic mass is 15.0. The third-order valence-corrected chi connectivity index (χ3v) is 2.62. The second-order valence-electron chi connectivity index (χ2n) is 3.80. The number of aryl methyl sites for hydroxylation is 1. The summed E-state index contributed by atoms with van der Waals surface area (Å²) < 4.78 is 0. The Balaban J connectivity index is 1.94. The Kier molecular flexibility index (Phi) is 3.54. The van der Waals surface area contributed by atoms with Crippen molar-refractivity contribution in [2.24, 2.45) is 0 Å². The third kappa shape index (κ3) is 2.83. The summed E-state index contributed by atoms with van der Waals surface area (Å²) in [6.07, 6.45) is 3.02. The predicted octanol–water partition coefficient (Wildman–Crippen LogP) is 2.68. The van der Waals surface area contributed by atoms with Crippen molar-refractivity contribution in [1.29, 1.82) is 0 Å². The van der Waals surface area contributed by atoms with Crippen molar-refractivity contribution >= 4 is 5.82 Å². The summed E-state index contributed by atoms with van der Waals surface area (Å²) >= 11 is 0. The van der Waals surface area contributed by atoms with Gasteiger partial charge in [0.2, 0.25) is 0 Å². The summed E-state index contributed by atoms with van der Waals surface area (Å²) in [5.41, 5.74) is 2.68. The lowest BCUT2D eigenvalue weighted by Crippen LogP contribution is -2.11. The number of aromatic amines is 1. The van der Waals surface area contributed by atoms with Crippen LogP contribution in [-0.2, 0) is 13.0 Å². The van der Waals surface area contributed by atoms with Gasteiger partial charge in [-0.25, -0.2) is 4.98 Å². The fourth-order valence-corrected chi connectivity index (χ4v) is 1.59. The van der Waals surface area contributed by atoms with Gasteiger partial charge in [0.05, 0.1) is 6.20 Å². The zero-order chi connectivity index (χ0) is 11.2. The molecule has 0 saturated carbocycles. The maximum Gasteiger partial charge on any atom is 0.272 e. The van der Waals surface area contributed by atoms with E-state index >= 15 is 0 Å². The van der Waals surface area contributed by atoms with E-state index in [9.17, 15) is 0 Å². The van der Waals surface area contributed by atoms with Gasteiger partial charge in [-0.1, -0.05) is 37.3 Å². The minimum absolute atomic E-state index is 0.852. The van der Waals surface area contributed by atoms with Gasteiger partial charge >= 0.3 is 0 Å². The smallest absolute Gasteiger partial charge is 0.270 e. The average molecular weight is 213 g/mol. The highest BCUT2D eigenvalue weighted by molar-refractivity contribution is 5.30. The molecule has 2 N–H and O–H groups in total. The van der Waals surface area contributed by atoms with E-state index in [0.29, 0.717) is 0 Å². The second kappa shape index (κ2) is 5.31. The molecule has 0 amide bonds. The Hall–Kier alpha value is -1.83. The molecular weight excluding hydrogens is 196 g/mol. The van der Waals surface area contributed by atoms with Crippen LogP contribution in [0.1, 0.15) is 18.1 Å². The van der Waals surface area contributed by atoms with E-state index in [1.807, 2.05) is 24.4 Å². The van der Waals surface area contributed by atoms with Crippen LogP contribution in [0, 0.1) is 0 Å². The van der Waals surface area contributed by atoms with Crippen LogP contribution < -0.4 is 10.3 Å². The first kappa shape index (κ1) is 10.7. The molecule has 2 rings (SSSR count). The van der Waals surface area contributed by atoms with Gasteiger partial charge < -0.3 is 0 Å². The van der Waals surface area contributed by atoms with Crippen LogP contribution in [0.2, 0.25) is 0 Å². The Labute approximate surface area is 96.4 Å². The Morgan fingerprint density at radius 1 is 1.00 bits per heavy atom. The zero-order valence-corrected chi connectivity index (χ0v) is 9.53. The Bertz CT molecular complexity index is 420. The molecule has 1 aromatic carbocycles. The van der Waals surface area contributed by atoms with Crippen molar-refractivity contribution in [1.82, 2.24) is 0 Å². The number of anilines is 1. The van der Waals surface area contributed by atoms with Crippen molar-refractivity contribution in [3.05, 3.63) is 59.8 Å². The van der Waals surface area contributed by atoms with Crippen molar-refractivity contribution in [3.8, 4) is 0 Å². The lowest BCUT2D eigenvalue weighted by molar-refractivity contribution is -0.361. The molecule has 1 heterocycles. The van der Waals surface area contributed by atoms with E-state index in [2.05, 4.69) is 41.5 Å². The average Bonchev–Trinajstić information content (AvgIpc) is 2.38. The van der Waals surface area contributed by atoms with E-state index < -0.39 is 0 Å². The van der Waals surface area contributed by atoms with Crippen molar-refractivity contribution in [3.63, 3.8) is 0 Å². The van der Waals surface area contributed by atoms with Crippen LogP contribution in [0.25, 0.3) is 0 Å². The van der Waals surface area contributed by atoms with Gasteiger partial charge in [0.15, 0.2) is 0 Å². The lowest BCUT2D eigenvalue weighted by atomic mass is 10.1. The minimum atomic E-state index is 0.852. The summed E-state index contributed by atoms with van der Waals surface area (Å²) in [6, 6.07) is 14.7. The molecule has 0 atom stereocenters. The van der Waals surface area contributed by atoms with Gasteiger partial charge in [-0.05, 0) is 23.6 Å². The van der Waals surface area contributed by atoms with E-state index in [0.717, 1.165) is 18.8 Å². The van der Waals surface area contributed by atoms with Crippen molar-refractivity contribution < 1.29 is 4.98 Å². The maximum atomic E-state index is 3.34. The number of nitrogens with one attached hydrogen (secondary N) is 2. The quantitative estimate of drug-likeness (QED) is 0.830. The number of aromatic nitrogens is 1. The molecule has 82 valence electrons. The van der Waals surface area contributed by atoms with Gasteiger partial charge in [0, 0.05) is 6.07 Å². The molecule has 0 spiro atoms. The van der Waals surface area contributed by atoms with Crippen molar-refractivity contribution in [2.75, 3.05) is 5.32 Å². The lowest BCUT2D eigenvalue weighted by Gasteiger charge is -2.01. The van der Waals surface area contributed by atoms with Crippen molar-refractivity contribution in [2.45, 2.75) is 19.9 Å². The zero-order valence-electron chi connectivity index (χ0n) is 9.53. The Morgan fingerprint density at radius 2 is 1.75 bits per heavy atom. The number of benzene rings is 1. The van der Waals surface area contributed by atoms with E-state index in [4.69, 9.17) is 0 Å². The van der Waals surface area contributed by atoms with Crippen LogP contribution in [0.15, 0.2) is 48.7 Å². The summed E-state index contributed by atoms with van der Waals surface area (Å²) in [4.78, 5) is 3.15. The van der Waals surface area contributed by atoms with E-state index in [1.165, 1.54) is 11.1 Å². The minimum Gasteiger partial charge on any atom is -0.270 e. The van der Waals surface area contributed by atoms with Gasteiger partial charge in [0.1, 0.15) is 6.54 Å². The summed E-state index contributed by atoms with van der Waals surface area (Å²) in [6.45, 7) is 3.02. The molecule has 0 saturated heterocycles. The molecule has 2 nitrogen and oxygen atoms in total. The van der Waals surface area contributed by atoms with Gasteiger partial charge in [-0.2, -0.15) is 0 Å². The number of hydrogen-bond donors (Lipinski definition) is 1. The van der Waals surface area contributed by atoms with Gasteiger partial charge in [0.25, 0.3) is 5.82 Å². The molecule has 0 unspecified atom stereocenters. The molecule has 0 aliphatic heterocycles. The number of rotatable bonds is 4. The fraction of sp³-hybridized carbons (Fsp3) is 0.214. The molecule has 0 fully saturated rings. The number of H-pyrrole nitrogens is 1. The largest absolute Gasteiger partial charge is 0.272 e.